The molecule has 0 bridgehead atoms. The van der Waals surface area contributed by atoms with Crippen molar-refractivity contribution in [3.63, 3.8) is 0 Å². The second-order valence-corrected chi connectivity index (χ2v) is 6.23. The highest BCUT2D eigenvalue weighted by atomic mass is 19.1. The first-order chi connectivity index (χ1) is 13.0. The van der Waals surface area contributed by atoms with Gasteiger partial charge in [-0.05, 0) is 17.7 Å². The number of carbonyl (C=O) groups excluding carboxylic acids is 3. The van der Waals surface area contributed by atoms with Crippen molar-refractivity contribution in [3.05, 3.63) is 66.0 Å². The molecule has 3 rings (SSSR count). The summed E-state index contributed by atoms with van der Waals surface area (Å²) in [7, 11) is 0. The molecule has 0 saturated carbocycles. The molecule has 0 spiro atoms. The number of benzene rings is 2. The number of hydrogen-bond donors (Lipinski definition) is 1. The topological polar surface area (TPSA) is 75.7 Å². The van der Waals surface area contributed by atoms with Crippen molar-refractivity contribution in [3.8, 4) is 0 Å². The molecule has 1 N–H and O–H groups in total. The number of anilines is 1. The lowest BCUT2D eigenvalue weighted by Gasteiger charge is -2.17. The molecule has 0 radical (unpaired) electrons. The standard InChI is InChI=1S/C20H19FN2O4/c21-16-8-4-5-9-17(16)23-12-15(10-19(23)25)20(26)27-13-18(24)22-11-14-6-2-1-3-7-14/h1-9,15H,10-13H2,(H,22,24)/t15-/m0/s1. The van der Waals surface area contributed by atoms with E-state index in [1.54, 1.807) is 6.07 Å². The lowest BCUT2D eigenvalue weighted by molar-refractivity contribution is -0.152. The molecule has 2 aromatic carbocycles. The van der Waals surface area contributed by atoms with Crippen LogP contribution in [0.15, 0.2) is 54.6 Å². The lowest BCUT2D eigenvalue weighted by Crippen LogP contribution is -2.31. The molecule has 1 atom stereocenters. The van der Waals surface area contributed by atoms with Crippen LogP contribution in [0, 0.1) is 11.7 Å². The molecule has 1 fully saturated rings. The zero-order valence-electron chi connectivity index (χ0n) is 14.6. The molecule has 140 valence electrons. The van der Waals surface area contributed by atoms with Crippen LogP contribution >= 0.6 is 0 Å². The third-order valence-electron chi connectivity index (χ3n) is 4.28. The van der Waals surface area contributed by atoms with Gasteiger partial charge in [0.1, 0.15) is 5.82 Å². The minimum atomic E-state index is -0.723. The SMILES string of the molecule is O=C(COC(=O)[C@H]1CC(=O)N(c2ccccc2F)C1)NCc1ccccc1. The number of ether oxygens (including phenoxy) is 1. The quantitative estimate of drug-likeness (QED) is 0.790. The van der Waals surface area contributed by atoms with Crippen LogP contribution in [-0.4, -0.2) is 30.9 Å². The molecule has 1 saturated heterocycles. The Morgan fingerprint density at radius 3 is 2.56 bits per heavy atom. The average Bonchev–Trinajstić information content (AvgIpc) is 3.07. The van der Waals surface area contributed by atoms with E-state index < -0.39 is 30.2 Å². The van der Waals surface area contributed by atoms with Gasteiger partial charge in [-0.1, -0.05) is 42.5 Å². The minimum Gasteiger partial charge on any atom is -0.455 e. The van der Waals surface area contributed by atoms with Crippen LogP contribution in [0.3, 0.4) is 0 Å². The Hall–Kier alpha value is -3.22. The van der Waals surface area contributed by atoms with E-state index in [4.69, 9.17) is 4.74 Å². The third-order valence-corrected chi connectivity index (χ3v) is 4.28. The fourth-order valence-electron chi connectivity index (χ4n) is 2.87. The van der Waals surface area contributed by atoms with Crippen molar-refractivity contribution in [2.24, 2.45) is 5.92 Å². The number of rotatable bonds is 6. The van der Waals surface area contributed by atoms with Crippen LogP contribution in [0.2, 0.25) is 0 Å². The van der Waals surface area contributed by atoms with Gasteiger partial charge in [-0.15, -0.1) is 0 Å². The third kappa shape index (κ3) is 4.69. The van der Waals surface area contributed by atoms with Gasteiger partial charge < -0.3 is 15.0 Å². The lowest BCUT2D eigenvalue weighted by atomic mass is 10.1. The van der Waals surface area contributed by atoms with E-state index in [1.165, 1.54) is 23.1 Å². The summed E-state index contributed by atoms with van der Waals surface area (Å²) in [6.07, 6.45) is -0.0706. The Balaban J connectivity index is 1.48. The Morgan fingerprint density at radius 1 is 1.11 bits per heavy atom. The monoisotopic (exact) mass is 370 g/mol. The summed E-state index contributed by atoms with van der Waals surface area (Å²) in [6, 6.07) is 15.2. The van der Waals surface area contributed by atoms with Crippen LogP contribution in [0.1, 0.15) is 12.0 Å². The van der Waals surface area contributed by atoms with E-state index in [2.05, 4.69) is 5.32 Å². The van der Waals surface area contributed by atoms with Crippen LogP contribution in [0.25, 0.3) is 0 Å². The fraction of sp³-hybridized carbons (Fsp3) is 0.250. The highest BCUT2D eigenvalue weighted by molar-refractivity contribution is 5.99. The second kappa shape index (κ2) is 8.44. The first kappa shape index (κ1) is 18.6. The summed E-state index contributed by atoms with van der Waals surface area (Å²) in [5, 5.41) is 2.65. The molecular weight excluding hydrogens is 351 g/mol. The maximum atomic E-state index is 13.9. The van der Waals surface area contributed by atoms with Gasteiger partial charge in [0, 0.05) is 19.5 Å². The fourth-order valence-corrected chi connectivity index (χ4v) is 2.87. The normalized spacial score (nSPS) is 16.3. The van der Waals surface area contributed by atoms with Crippen LogP contribution in [0.5, 0.6) is 0 Å². The van der Waals surface area contributed by atoms with Gasteiger partial charge in [-0.3, -0.25) is 14.4 Å². The predicted molar refractivity (Wildman–Crippen MR) is 96.1 cm³/mol. The van der Waals surface area contributed by atoms with Gasteiger partial charge in [-0.25, -0.2) is 4.39 Å². The zero-order chi connectivity index (χ0) is 19.2. The Morgan fingerprint density at radius 2 is 1.81 bits per heavy atom. The van der Waals surface area contributed by atoms with Gasteiger partial charge in [-0.2, -0.15) is 0 Å². The molecule has 1 heterocycles. The molecule has 7 heteroatoms. The largest absolute Gasteiger partial charge is 0.455 e. The molecule has 0 aromatic heterocycles. The molecule has 1 aliphatic heterocycles. The minimum absolute atomic E-state index is 0.0320. The number of hydrogen-bond acceptors (Lipinski definition) is 4. The van der Waals surface area contributed by atoms with Crippen LogP contribution in [-0.2, 0) is 25.7 Å². The van der Waals surface area contributed by atoms with E-state index in [9.17, 15) is 18.8 Å². The molecule has 2 aromatic rings. The van der Waals surface area contributed by atoms with Crippen molar-refractivity contribution < 1.29 is 23.5 Å². The smallest absolute Gasteiger partial charge is 0.311 e. The maximum absolute atomic E-state index is 13.9. The Bertz CT molecular complexity index is 841. The summed E-state index contributed by atoms with van der Waals surface area (Å²) >= 11 is 0. The molecule has 0 aliphatic carbocycles. The van der Waals surface area contributed by atoms with E-state index in [1.807, 2.05) is 30.3 Å². The average molecular weight is 370 g/mol. The number of para-hydroxylation sites is 1. The molecule has 6 nitrogen and oxygen atoms in total. The summed E-state index contributed by atoms with van der Waals surface area (Å²) in [4.78, 5) is 37.3. The molecular formula is C20H19FN2O4. The molecule has 0 unspecified atom stereocenters. The number of halogens is 1. The summed E-state index contributed by atoms with van der Waals surface area (Å²) in [6.45, 7) is -0.0551. The van der Waals surface area contributed by atoms with Gasteiger partial charge in [0.05, 0.1) is 11.6 Å². The Labute approximate surface area is 155 Å². The van der Waals surface area contributed by atoms with Crippen molar-refractivity contribution in [1.29, 1.82) is 0 Å². The predicted octanol–water partition coefficient (Wildman–Crippen LogP) is 2.04. The number of nitrogens with one attached hydrogen (secondary N) is 1. The summed E-state index contributed by atoms with van der Waals surface area (Å²) in [5.41, 5.74) is 1.07. The summed E-state index contributed by atoms with van der Waals surface area (Å²) in [5.74, 6) is -2.67. The van der Waals surface area contributed by atoms with E-state index in [0.717, 1.165) is 5.56 Å². The van der Waals surface area contributed by atoms with Gasteiger partial charge >= 0.3 is 5.97 Å². The summed E-state index contributed by atoms with van der Waals surface area (Å²) < 4.78 is 18.9. The van der Waals surface area contributed by atoms with Crippen molar-refractivity contribution >= 4 is 23.5 Å². The van der Waals surface area contributed by atoms with Crippen molar-refractivity contribution in [2.75, 3.05) is 18.1 Å². The van der Waals surface area contributed by atoms with Gasteiger partial charge in [0.15, 0.2) is 6.61 Å². The number of nitrogens with zero attached hydrogens (tertiary/aromatic N) is 1. The highest BCUT2D eigenvalue weighted by Crippen LogP contribution is 2.27. The van der Waals surface area contributed by atoms with E-state index >= 15 is 0 Å². The maximum Gasteiger partial charge on any atom is 0.311 e. The number of amides is 2. The molecule has 2 amide bonds. The Kier molecular flexibility index (Phi) is 5.80. The van der Waals surface area contributed by atoms with Gasteiger partial charge in [0.25, 0.3) is 5.91 Å². The second-order valence-electron chi connectivity index (χ2n) is 6.23. The first-order valence-electron chi connectivity index (χ1n) is 8.57. The highest BCUT2D eigenvalue weighted by Gasteiger charge is 2.37. The van der Waals surface area contributed by atoms with Gasteiger partial charge in [0.2, 0.25) is 5.91 Å². The first-order valence-corrected chi connectivity index (χ1v) is 8.57. The molecule has 1 aliphatic rings. The van der Waals surface area contributed by atoms with E-state index in [0.29, 0.717) is 6.54 Å². The zero-order valence-corrected chi connectivity index (χ0v) is 14.6. The molecule has 27 heavy (non-hydrogen) atoms. The van der Waals surface area contributed by atoms with E-state index in [-0.39, 0.29) is 24.6 Å². The van der Waals surface area contributed by atoms with Crippen molar-refractivity contribution in [2.45, 2.75) is 13.0 Å². The van der Waals surface area contributed by atoms with Crippen LogP contribution < -0.4 is 10.2 Å². The van der Waals surface area contributed by atoms with Crippen molar-refractivity contribution in [1.82, 2.24) is 5.32 Å². The number of esters is 1. The van der Waals surface area contributed by atoms with Crippen LogP contribution in [0.4, 0.5) is 10.1 Å². The number of carbonyl (C=O) groups is 3.